The molecule has 3 aromatic carbocycles. The number of hydrogen-bond acceptors (Lipinski definition) is 2. The smallest absolute Gasteiger partial charge is 0.160 e. The maximum absolute atomic E-state index is 4.91. The minimum absolute atomic E-state index is 0.708. The topological polar surface area (TPSA) is 25.8 Å². The van der Waals surface area contributed by atoms with E-state index in [2.05, 4.69) is 55.1 Å². The average molecular weight is 322 g/mol. The van der Waals surface area contributed by atoms with Crippen LogP contribution in [0, 0.1) is 0 Å². The van der Waals surface area contributed by atoms with Gasteiger partial charge in [0, 0.05) is 16.5 Å². The van der Waals surface area contributed by atoms with Crippen molar-refractivity contribution in [1.29, 1.82) is 0 Å². The van der Waals surface area contributed by atoms with Gasteiger partial charge in [0.1, 0.15) is 0 Å². The zero-order valence-electron chi connectivity index (χ0n) is 14.1. The highest BCUT2D eigenvalue weighted by Gasteiger charge is 2.13. The number of hydrogen-bond donors (Lipinski definition) is 0. The molecular weight excluding hydrogens is 304 g/mol. The van der Waals surface area contributed by atoms with E-state index >= 15 is 0 Å². The van der Waals surface area contributed by atoms with Gasteiger partial charge >= 0.3 is 0 Å². The third-order valence-corrected chi connectivity index (χ3v) is 4.44. The summed E-state index contributed by atoms with van der Waals surface area (Å²) in [7, 11) is 0. The second-order valence-corrected chi connectivity index (χ2v) is 5.89. The van der Waals surface area contributed by atoms with Gasteiger partial charge in [-0.25, -0.2) is 9.97 Å². The summed E-state index contributed by atoms with van der Waals surface area (Å²) in [6.45, 7) is 5.87. The Morgan fingerprint density at radius 1 is 0.840 bits per heavy atom. The van der Waals surface area contributed by atoms with Gasteiger partial charge in [-0.05, 0) is 23.8 Å². The fourth-order valence-corrected chi connectivity index (χ4v) is 3.18. The quantitative estimate of drug-likeness (QED) is 0.430. The number of nitrogens with zero attached hydrogens (tertiary/aromatic N) is 2. The molecule has 0 atom stereocenters. The minimum Gasteiger partial charge on any atom is -0.228 e. The lowest BCUT2D eigenvalue weighted by Gasteiger charge is -2.11. The van der Waals surface area contributed by atoms with Crippen LogP contribution in [0.1, 0.15) is 12.7 Å². The van der Waals surface area contributed by atoms with Crippen LogP contribution >= 0.6 is 0 Å². The van der Waals surface area contributed by atoms with Gasteiger partial charge < -0.3 is 0 Å². The Morgan fingerprint density at radius 3 is 2.36 bits per heavy atom. The Morgan fingerprint density at radius 2 is 1.56 bits per heavy atom. The van der Waals surface area contributed by atoms with Gasteiger partial charge in [0.15, 0.2) is 5.82 Å². The molecule has 0 aliphatic heterocycles. The third-order valence-electron chi connectivity index (χ3n) is 4.44. The van der Waals surface area contributed by atoms with Gasteiger partial charge in [-0.1, -0.05) is 79.4 Å². The fourth-order valence-electron chi connectivity index (χ4n) is 3.18. The first-order valence-corrected chi connectivity index (χ1v) is 8.36. The predicted molar refractivity (Wildman–Crippen MR) is 106 cm³/mol. The molecule has 0 amide bonds. The fraction of sp³-hybridized carbons (Fsp3) is 0.0435. The third kappa shape index (κ3) is 2.62. The van der Waals surface area contributed by atoms with E-state index in [9.17, 15) is 0 Å². The summed E-state index contributed by atoms with van der Waals surface area (Å²) in [5.41, 5.74) is 3.96. The molecule has 2 heteroatoms. The number of benzene rings is 3. The Bertz CT molecular complexity index is 1120. The Hall–Kier alpha value is -3.26. The van der Waals surface area contributed by atoms with E-state index in [-0.39, 0.29) is 0 Å². The van der Waals surface area contributed by atoms with Gasteiger partial charge in [0.05, 0.1) is 11.2 Å². The first kappa shape index (κ1) is 15.3. The van der Waals surface area contributed by atoms with E-state index in [1.54, 1.807) is 6.08 Å². The first-order chi connectivity index (χ1) is 12.3. The molecule has 0 saturated carbocycles. The molecule has 120 valence electrons. The van der Waals surface area contributed by atoms with Gasteiger partial charge in [0.25, 0.3) is 0 Å². The van der Waals surface area contributed by atoms with Crippen LogP contribution in [0.4, 0.5) is 0 Å². The van der Waals surface area contributed by atoms with Crippen LogP contribution in [0.5, 0.6) is 0 Å². The van der Waals surface area contributed by atoms with E-state index in [1.807, 2.05) is 31.2 Å². The monoisotopic (exact) mass is 322 g/mol. The molecule has 4 rings (SSSR count). The molecule has 1 heterocycles. The first-order valence-electron chi connectivity index (χ1n) is 8.36. The van der Waals surface area contributed by atoms with Crippen LogP contribution in [-0.4, -0.2) is 9.97 Å². The Labute approximate surface area is 147 Å². The van der Waals surface area contributed by atoms with Crippen LogP contribution in [0.2, 0.25) is 0 Å². The maximum Gasteiger partial charge on any atom is 0.160 e. The minimum atomic E-state index is 0.708. The van der Waals surface area contributed by atoms with E-state index in [0.717, 1.165) is 27.7 Å². The predicted octanol–water partition coefficient (Wildman–Crippen LogP) is 6.04. The van der Waals surface area contributed by atoms with Gasteiger partial charge in [-0.3, -0.25) is 0 Å². The number of fused-ring (bicyclic) bond motifs is 2. The summed E-state index contributed by atoms with van der Waals surface area (Å²) in [6.07, 6.45) is 3.79. The molecule has 0 saturated heterocycles. The van der Waals surface area contributed by atoms with Crippen LogP contribution in [0.15, 0.2) is 85.5 Å². The van der Waals surface area contributed by atoms with Crippen LogP contribution < -0.4 is 0 Å². The summed E-state index contributed by atoms with van der Waals surface area (Å²) < 4.78 is 0. The van der Waals surface area contributed by atoms with Crippen LogP contribution in [-0.2, 0) is 0 Å². The van der Waals surface area contributed by atoms with Crippen LogP contribution in [0.25, 0.3) is 38.5 Å². The van der Waals surface area contributed by atoms with Gasteiger partial charge in [-0.15, -0.1) is 0 Å². The zero-order chi connectivity index (χ0) is 17.2. The largest absolute Gasteiger partial charge is 0.228 e. The summed E-state index contributed by atoms with van der Waals surface area (Å²) in [6, 6.07) is 22.9. The molecule has 0 aliphatic carbocycles. The summed E-state index contributed by atoms with van der Waals surface area (Å²) in [5.74, 6) is 0.708. The van der Waals surface area contributed by atoms with Crippen molar-refractivity contribution in [2.75, 3.05) is 0 Å². The maximum atomic E-state index is 4.91. The molecule has 2 nitrogen and oxygen atoms in total. The van der Waals surface area contributed by atoms with E-state index < -0.39 is 0 Å². The second kappa shape index (κ2) is 6.33. The highest BCUT2D eigenvalue weighted by atomic mass is 14.9. The zero-order valence-corrected chi connectivity index (χ0v) is 14.1. The highest BCUT2D eigenvalue weighted by molar-refractivity contribution is 6.03. The summed E-state index contributed by atoms with van der Waals surface area (Å²) in [4.78, 5) is 9.65. The molecule has 0 spiro atoms. The second-order valence-electron chi connectivity index (χ2n) is 5.89. The molecule has 0 aliphatic rings. The lowest BCUT2D eigenvalue weighted by Crippen LogP contribution is -1.98. The van der Waals surface area contributed by atoms with Crippen LogP contribution in [0.3, 0.4) is 0 Å². The van der Waals surface area contributed by atoms with Gasteiger partial charge in [0.2, 0.25) is 0 Å². The summed E-state index contributed by atoms with van der Waals surface area (Å²) >= 11 is 0. The van der Waals surface area contributed by atoms with Crippen molar-refractivity contribution >= 4 is 27.2 Å². The molecule has 0 bridgehead atoms. The molecule has 4 aromatic rings. The Balaban J connectivity index is 2.11. The summed E-state index contributed by atoms with van der Waals surface area (Å²) in [5, 5.41) is 3.46. The van der Waals surface area contributed by atoms with Crippen molar-refractivity contribution in [2.45, 2.75) is 6.92 Å². The van der Waals surface area contributed by atoms with Crippen molar-refractivity contribution < 1.29 is 0 Å². The molecule has 0 fully saturated rings. The van der Waals surface area contributed by atoms with Gasteiger partial charge in [-0.2, -0.15) is 0 Å². The lowest BCUT2D eigenvalue weighted by molar-refractivity contribution is 1.17. The van der Waals surface area contributed by atoms with Crippen molar-refractivity contribution in [3.05, 3.63) is 91.3 Å². The van der Waals surface area contributed by atoms with Crippen molar-refractivity contribution in [3.63, 3.8) is 0 Å². The SMILES string of the molecule is C=C/C(=C\C)c1nc(-c2cccc3ccccc23)c2ccccc2n1. The standard InChI is InChI=1S/C23H18N2/c1-3-16(4-2)23-24-21-15-8-7-13-20(21)22(25-23)19-14-9-11-17-10-5-6-12-18(17)19/h3-15H,1H2,2H3/b16-4+. The highest BCUT2D eigenvalue weighted by Crippen LogP contribution is 2.32. The van der Waals surface area contributed by atoms with E-state index in [0.29, 0.717) is 5.82 Å². The lowest BCUT2D eigenvalue weighted by atomic mass is 9.99. The molecule has 0 unspecified atom stereocenters. The molecule has 0 radical (unpaired) electrons. The number of rotatable bonds is 3. The molecule has 25 heavy (non-hydrogen) atoms. The number of allylic oxidation sites excluding steroid dienone is 3. The molecule has 0 N–H and O–H groups in total. The van der Waals surface area contributed by atoms with Crippen molar-refractivity contribution in [3.8, 4) is 11.3 Å². The van der Waals surface area contributed by atoms with Crippen molar-refractivity contribution in [2.24, 2.45) is 0 Å². The number of aromatic nitrogens is 2. The van der Waals surface area contributed by atoms with E-state index in [1.165, 1.54) is 10.8 Å². The Kier molecular flexibility index (Phi) is 3.87. The number of para-hydroxylation sites is 1. The molecule has 1 aromatic heterocycles. The van der Waals surface area contributed by atoms with Crippen molar-refractivity contribution in [1.82, 2.24) is 9.97 Å². The normalized spacial score (nSPS) is 11.8. The molecular formula is C23H18N2. The van der Waals surface area contributed by atoms with E-state index in [4.69, 9.17) is 9.97 Å². The average Bonchev–Trinajstić information content (AvgIpc) is 2.68.